The highest BCUT2D eigenvalue weighted by atomic mass is 32.2. The number of amides is 1. The number of methoxy groups -OCH3 is 5. The number of non-ortho nitro benzene ring substituents is 1. The zero-order valence-electron chi connectivity index (χ0n) is 47.9. The SMILES string of the molecule is COCCOCCOC(=O)Cc1ccc([N+](=O)[O-])cc1.COCCOCCOC(=O)NC(CSCCOCCOC)C(=O)O.COCCOCCOS(=O)(=O)c1ccc(C)cc1.COCCOCCSCC(N)C(=O)O.NC(CS)C(=O)O. The lowest BCUT2D eigenvalue weighted by molar-refractivity contribution is -0.384. The molecule has 3 atom stereocenters. The Bertz CT molecular complexity index is 2050. The van der Waals surface area contributed by atoms with Crippen LogP contribution in [0.2, 0.25) is 0 Å². The van der Waals surface area contributed by atoms with E-state index < -0.39 is 63.1 Å². The predicted octanol–water partition coefficient (Wildman–Crippen LogP) is 2.05. The lowest BCUT2D eigenvalue weighted by atomic mass is 10.1. The molecule has 0 saturated carbocycles. The fourth-order valence-corrected chi connectivity index (χ4v) is 7.43. The van der Waals surface area contributed by atoms with Gasteiger partial charge in [-0.1, -0.05) is 29.8 Å². The number of carboxylic acid groups (broad SMARTS) is 3. The molecule has 0 spiro atoms. The summed E-state index contributed by atoms with van der Waals surface area (Å²) >= 11 is 6.50. The summed E-state index contributed by atoms with van der Waals surface area (Å²) in [5, 5.41) is 38.4. The molecule has 1 amide bonds. The van der Waals surface area contributed by atoms with Gasteiger partial charge in [-0.2, -0.15) is 44.6 Å². The van der Waals surface area contributed by atoms with Gasteiger partial charge in [-0.05, 0) is 24.6 Å². The van der Waals surface area contributed by atoms with Crippen LogP contribution in [0.1, 0.15) is 11.1 Å². The number of ether oxygens (including phenoxy) is 12. The van der Waals surface area contributed by atoms with Crippen LogP contribution in [-0.2, 0) is 96.7 Å². The van der Waals surface area contributed by atoms with Crippen LogP contribution in [0.5, 0.6) is 0 Å². The van der Waals surface area contributed by atoms with Crippen molar-refractivity contribution in [1.82, 2.24) is 5.32 Å². The van der Waals surface area contributed by atoms with Crippen molar-refractivity contribution < 1.29 is 114 Å². The molecule has 33 heteroatoms. The Morgan fingerprint density at radius 2 is 0.988 bits per heavy atom. The number of nitrogens with zero attached hydrogens (tertiary/aromatic N) is 1. The van der Waals surface area contributed by atoms with Gasteiger partial charge in [0.25, 0.3) is 15.8 Å². The number of nitrogens with two attached hydrogens (primary N) is 2. The second kappa shape index (κ2) is 57.9. The third kappa shape index (κ3) is 53.9. The van der Waals surface area contributed by atoms with Crippen LogP contribution in [0.25, 0.3) is 0 Å². The van der Waals surface area contributed by atoms with Crippen LogP contribution in [-0.4, -0.2) is 260 Å². The highest BCUT2D eigenvalue weighted by Gasteiger charge is 2.21. The van der Waals surface area contributed by atoms with E-state index in [-0.39, 0.29) is 61.5 Å². The highest BCUT2D eigenvalue weighted by Crippen LogP contribution is 2.14. The van der Waals surface area contributed by atoms with Gasteiger partial charge in [-0.3, -0.25) is 28.7 Å². The molecule has 29 nitrogen and oxygen atoms in total. The zero-order chi connectivity index (χ0) is 62.9. The van der Waals surface area contributed by atoms with Gasteiger partial charge in [-0.25, -0.2) is 9.59 Å². The van der Waals surface area contributed by atoms with E-state index in [4.69, 9.17) is 87.8 Å². The minimum Gasteiger partial charge on any atom is -0.480 e. The molecular weight excluding hydrogens is 1180 g/mol. The largest absolute Gasteiger partial charge is 0.480 e. The molecule has 0 aliphatic rings. The average molecular weight is 1270 g/mol. The van der Waals surface area contributed by atoms with E-state index in [1.807, 2.05) is 6.92 Å². The Morgan fingerprint density at radius 3 is 1.39 bits per heavy atom. The highest BCUT2D eigenvalue weighted by molar-refractivity contribution is 7.99. The van der Waals surface area contributed by atoms with E-state index >= 15 is 0 Å². The lowest BCUT2D eigenvalue weighted by Gasteiger charge is -2.14. The Balaban J connectivity index is -0.00000100. The molecule has 0 bridgehead atoms. The Morgan fingerprint density at radius 1 is 0.578 bits per heavy atom. The number of rotatable bonds is 44. The maximum absolute atomic E-state index is 11.7. The number of carboxylic acids is 3. The van der Waals surface area contributed by atoms with Crippen molar-refractivity contribution in [3.63, 3.8) is 0 Å². The third-order valence-electron chi connectivity index (χ3n) is 9.13. The fourth-order valence-electron chi connectivity index (χ4n) is 4.71. The van der Waals surface area contributed by atoms with Gasteiger partial charge >= 0.3 is 30.0 Å². The summed E-state index contributed by atoms with van der Waals surface area (Å²) in [7, 11) is 4.23. The predicted molar refractivity (Wildman–Crippen MR) is 311 cm³/mol. The van der Waals surface area contributed by atoms with E-state index in [9.17, 15) is 42.5 Å². The monoisotopic (exact) mass is 1270 g/mol. The second-order valence-corrected chi connectivity index (χ2v) is 20.1. The Hall–Kier alpha value is -4.53. The van der Waals surface area contributed by atoms with Crippen LogP contribution >= 0.6 is 36.2 Å². The van der Waals surface area contributed by atoms with Gasteiger partial charge < -0.3 is 88.9 Å². The third-order valence-corrected chi connectivity index (χ3v) is 12.9. The van der Waals surface area contributed by atoms with Gasteiger partial charge in [0.2, 0.25) is 0 Å². The van der Waals surface area contributed by atoms with Gasteiger partial charge in [0.05, 0.1) is 122 Å². The first kappa shape index (κ1) is 82.7. The van der Waals surface area contributed by atoms with Crippen LogP contribution < -0.4 is 16.8 Å². The van der Waals surface area contributed by atoms with Crippen LogP contribution in [0, 0.1) is 17.0 Å². The minimum atomic E-state index is -3.68. The van der Waals surface area contributed by atoms with E-state index in [1.54, 1.807) is 47.7 Å². The summed E-state index contributed by atoms with van der Waals surface area (Å²) in [6, 6.07) is 9.68. The van der Waals surface area contributed by atoms with Crippen LogP contribution in [0.15, 0.2) is 53.4 Å². The Kier molecular flexibility index (Phi) is 57.7. The van der Waals surface area contributed by atoms with Crippen molar-refractivity contribution in [3.05, 3.63) is 69.8 Å². The number of esters is 1. The molecule has 2 aromatic carbocycles. The van der Waals surface area contributed by atoms with Crippen LogP contribution in [0.3, 0.4) is 0 Å². The Labute approximate surface area is 499 Å². The van der Waals surface area contributed by atoms with Gasteiger partial charge in [0.1, 0.15) is 31.3 Å². The summed E-state index contributed by atoms with van der Waals surface area (Å²) in [5.41, 5.74) is 11.9. The molecule has 0 saturated heterocycles. The van der Waals surface area contributed by atoms with E-state index in [0.717, 1.165) is 11.3 Å². The molecule has 0 aliphatic carbocycles. The molecule has 83 heavy (non-hydrogen) atoms. The molecule has 8 N–H and O–H groups in total. The number of hydrogen-bond acceptors (Lipinski definition) is 27. The van der Waals surface area contributed by atoms with E-state index in [2.05, 4.69) is 17.9 Å². The molecule has 0 fully saturated rings. The lowest BCUT2D eigenvalue weighted by Crippen LogP contribution is -2.43. The average Bonchev–Trinajstić information content (AvgIpc) is 3.51. The number of carbonyl (C=O) groups excluding carboxylic acids is 2. The molecule has 3 unspecified atom stereocenters. The number of nitro benzene ring substituents is 1. The number of thiol groups is 1. The van der Waals surface area contributed by atoms with Crippen molar-refractivity contribution in [3.8, 4) is 0 Å². The number of nitro groups is 1. The quantitative estimate of drug-likeness (QED) is 0.0125. The van der Waals surface area contributed by atoms with Crippen molar-refractivity contribution in [2.45, 2.75) is 36.4 Å². The van der Waals surface area contributed by atoms with Crippen molar-refractivity contribution in [2.24, 2.45) is 11.5 Å². The molecule has 2 aromatic rings. The first-order valence-electron chi connectivity index (χ1n) is 25.2. The number of hydrogen-bond donors (Lipinski definition) is 7. The topological polar surface area (TPSA) is 407 Å². The van der Waals surface area contributed by atoms with Crippen molar-refractivity contribution in [2.75, 3.05) is 183 Å². The standard InChI is InChI=1S/C14H27NO8S.C13H17NO6.C12H18O5S.C8H17NO4S.C3H7NO2S/c1-19-3-5-21-7-8-23-14(18)15-12(13(16)17)11-24-10-9-22-6-4-20-2;1-18-6-7-19-8-9-20-13(15)10-11-2-4-12(5-3-11)14(16)17;1-11-3-5-12(6-4-11)18(13,14)17-10-9-16-8-7-15-2;1-12-2-3-13-4-5-14-6-7(9)8(10)11;4-2(1-7)3(5)6/h12H,3-11H2,1-2H3,(H,15,18)(H,16,17);2-5H,6-10H2,1H3;3-6H,7-10H2,1-2H3;7H,2-6,9H2,1H3,(H,10,11);2,7H,1,4H2,(H,5,6). The molecule has 0 aromatic heterocycles. The zero-order valence-corrected chi connectivity index (χ0v) is 51.3. The second-order valence-electron chi connectivity index (χ2n) is 15.8. The maximum atomic E-state index is 11.7. The number of alkyl carbamates (subject to hydrolysis) is 1. The van der Waals surface area contributed by atoms with Gasteiger partial charge in [0.15, 0.2) is 0 Å². The maximum Gasteiger partial charge on any atom is 0.407 e. The summed E-state index contributed by atoms with van der Waals surface area (Å²) in [5.74, 6) is -1.26. The van der Waals surface area contributed by atoms with Crippen molar-refractivity contribution in [1.29, 1.82) is 0 Å². The fraction of sp³-hybridized carbons (Fsp3) is 0.660. The summed E-state index contributed by atoms with van der Waals surface area (Å²) in [6.07, 6.45) is -0.703. The number of benzene rings is 2. The van der Waals surface area contributed by atoms with Gasteiger partial charge in [0, 0.05) is 76.4 Å². The first-order valence-corrected chi connectivity index (χ1v) is 29.6. The number of thioether (sulfide) groups is 2. The first-order chi connectivity index (χ1) is 39.7. The van der Waals surface area contributed by atoms with Crippen molar-refractivity contribution >= 4 is 81.9 Å². The smallest absolute Gasteiger partial charge is 0.407 e. The molecule has 0 aliphatic heterocycles. The molecule has 480 valence electrons. The number of carbonyl (C=O) groups is 5. The summed E-state index contributed by atoms with van der Waals surface area (Å²) < 4.78 is 87.9. The van der Waals surface area contributed by atoms with Crippen LogP contribution in [0.4, 0.5) is 10.5 Å². The number of aryl methyl sites for hydroxylation is 1. The summed E-state index contributed by atoms with van der Waals surface area (Å²) in [6.45, 7) is 8.84. The summed E-state index contributed by atoms with van der Waals surface area (Å²) in [4.78, 5) is 64.4. The molecule has 0 radical (unpaired) electrons. The molecule has 2 rings (SSSR count). The van der Waals surface area contributed by atoms with E-state index in [1.165, 1.54) is 59.9 Å². The number of aliphatic carboxylic acids is 3. The number of nitrogens with one attached hydrogen (secondary N) is 1. The molecule has 0 heterocycles. The molecular formula is C50H86N4O25S4. The van der Waals surface area contributed by atoms with Gasteiger partial charge in [-0.15, -0.1) is 0 Å². The van der Waals surface area contributed by atoms with E-state index in [0.29, 0.717) is 103 Å². The normalized spacial score (nSPS) is 11.7. The minimum absolute atomic E-state index is 0.0000753.